The summed E-state index contributed by atoms with van der Waals surface area (Å²) in [6.45, 7) is 0. The van der Waals surface area contributed by atoms with Crippen molar-refractivity contribution < 1.29 is 0 Å². The highest BCUT2D eigenvalue weighted by Crippen LogP contribution is 2.03. The molecule has 0 aliphatic heterocycles. The zero-order valence-electron chi connectivity index (χ0n) is 7.72. The molecule has 0 aromatic heterocycles. The molecule has 1 aromatic rings. The fourth-order valence-electron chi connectivity index (χ4n) is 1.28. The monoisotopic (exact) mass is 179 g/mol. The average molecular weight is 179 g/mol. The van der Waals surface area contributed by atoms with Gasteiger partial charge in [0.1, 0.15) is 0 Å². The van der Waals surface area contributed by atoms with Crippen molar-refractivity contribution in [1.29, 1.82) is 0 Å². The highest BCUT2D eigenvalue weighted by atomic mass is 28.2. The quantitative estimate of drug-likeness (QED) is 0.531. The molecule has 0 saturated heterocycles. The van der Waals surface area contributed by atoms with Crippen LogP contribution < -0.4 is 4.98 Å². The van der Waals surface area contributed by atoms with Gasteiger partial charge in [-0.25, -0.2) is 0 Å². The molecule has 1 aromatic carbocycles. The molecule has 0 bridgehead atoms. The summed E-state index contributed by atoms with van der Waals surface area (Å²) in [6, 6.07) is 12.1. The maximum absolute atomic E-state index is 3.29. The molecular weight excluding hydrogens is 162 g/mol. The van der Waals surface area contributed by atoms with Gasteiger partial charge >= 0.3 is 0 Å². The predicted octanol–water partition coefficient (Wildman–Crippen LogP) is 1.34. The van der Waals surface area contributed by atoms with Crippen molar-refractivity contribution in [3.05, 3.63) is 35.9 Å². The van der Waals surface area contributed by atoms with Gasteiger partial charge in [-0.05, 0) is 25.1 Å². The Morgan fingerprint density at radius 1 is 1.25 bits per heavy atom. The van der Waals surface area contributed by atoms with Crippen LogP contribution in [0.5, 0.6) is 0 Å². The van der Waals surface area contributed by atoms with Crippen LogP contribution in [0, 0.1) is 0 Å². The number of nitrogens with one attached hydrogen (secondary N) is 1. The number of rotatable bonds is 5. The molecule has 2 heteroatoms. The van der Waals surface area contributed by atoms with Crippen LogP contribution in [-0.2, 0) is 6.42 Å². The number of aryl methyl sites for hydroxylation is 1. The van der Waals surface area contributed by atoms with Gasteiger partial charge in [-0.3, -0.25) is 0 Å². The summed E-state index contributed by atoms with van der Waals surface area (Å²) in [5.74, 6) is 0. The van der Waals surface area contributed by atoms with Crippen molar-refractivity contribution >= 4 is 9.68 Å². The topological polar surface area (TPSA) is 12.0 Å². The number of hydrogen-bond acceptors (Lipinski definition) is 1. The molecule has 0 saturated carbocycles. The van der Waals surface area contributed by atoms with E-state index in [0.717, 1.165) is 0 Å². The maximum atomic E-state index is 3.29. The van der Waals surface area contributed by atoms with Crippen LogP contribution in [0.15, 0.2) is 30.3 Å². The molecule has 0 radical (unpaired) electrons. The summed E-state index contributed by atoms with van der Waals surface area (Å²) in [5, 5.41) is 0. The van der Waals surface area contributed by atoms with E-state index in [0.29, 0.717) is 0 Å². The molecule has 0 amide bonds. The fraction of sp³-hybridized carbons (Fsp3) is 0.400. The summed E-state index contributed by atoms with van der Waals surface area (Å²) in [5.41, 5.74) is 1.47. The molecular formula is C10H17NSi. The Morgan fingerprint density at radius 3 is 2.67 bits per heavy atom. The normalized spacial score (nSPS) is 11.1. The lowest BCUT2D eigenvalue weighted by Crippen LogP contribution is -2.11. The maximum Gasteiger partial charge on any atom is 0.0913 e. The van der Waals surface area contributed by atoms with Crippen molar-refractivity contribution in [3.8, 4) is 0 Å². The van der Waals surface area contributed by atoms with E-state index < -0.39 is 0 Å². The van der Waals surface area contributed by atoms with E-state index in [1.165, 1.54) is 24.4 Å². The summed E-state index contributed by atoms with van der Waals surface area (Å²) in [6.07, 6.45) is 2.59. The first-order chi connectivity index (χ1) is 5.93. The molecule has 1 rings (SSSR count). The summed E-state index contributed by atoms with van der Waals surface area (Å²) in [7, 11) is 2.12. The molecule has 0 unspecified atom stereocenters. The third-order valence-corrected chi connectivity index (χ3v) is 3.34. The molecule has 1 nitrogen and oxygen atoms in total. The summed E-state index contributed by atoms with van der Waals surface area (Å²) >= 11 is 0. The van der Waals surface area contributed by atoms with Crippen LogP contribution in [-0.4, -0.2) is 16.7 Å². The number of hydrogen-bond donors (Lipinski definition) is 1. The molecule has 1 N–H and O–H groups in total. The summed E-state index contributed by atoms with van der Waals surface area (Å²) in [4.78, 5) is 3.29. The van der Waals surface area contributed by atoms with Crippen molar-refractivity contribution in [1.82, 2.24) is 4.98 Å². The van der Waals surface area contributed by atoms with E-state index in [4.69, 9.17) is 0 Å². The SMILES string of the molecule is CN[SiH2]CCCc1ccccc1. The first kappa shape index (κ1) is 9.48. The Labute approximate surface area is 77.1 Å². The van der Waals surface area contributed by atoms with Gasteiger partial charge in [0, 0.05) is 0 Å². The van der Waals surface area contributed by atoms with Crippen molar-refractivity contribution in [2.75, 3.05) is 7.05 Å². The van der Waals surface area contributed by atoms with Crippen LogP contribution in [0.3, 0.4) is 0 Å². The van der Waals surface area contributed by atoms with Gasteiger partial charge in [-0.1, -0.05) is 36.8 Å². The Hall–Kier alpha value is -0.603. The molecule has 0 aliphatic rings. The fourth-order valence-corrected chi connectivity index (χ4v) is 2.13. The zero-order valence-corrected chi connectivity index (χ0v) is 9.13. The molecule has 0 aliphatic carbocycles. The van der Waals surface area contributed by atoms with Crippen LogP contribution in [0.4, 0.5) is 0 Å². The van der Waals surface area contributed by atoms with E-state index in [-0.39, 0.29) is 9.68 Å². The third kappa shape index (κ3) is 3.69. The molecule has 0 fully saturated rings. The second-order valence-electron chi connectivity index (χ2n) is 3.05. The van der Waals surface area contributed by atoms with E-state index >= 15 is 0 Å². The molecule has 0 heterocycles. The van der Waals surface area contributed by atoms with Crippen LogP contribution in [0.25, 0.3) is 0 Å². The average Bonchev–Trinajstić information content (AvgIpc) is 2.14. The Morgan fingerprint density at radius 2 is 2.00 bits per heavy atom. The van der Waals surface area contributed by atoms with Crippen LogP contribution >= 0.6 is 0 Å². The standard InChI is InChI=1S/C10H17NSi/c1-11-12-9-5-8-10-6-3-2-4-7-10/h2-4,6-7,11H,5,8-9,12H2,1H3. The van der Waals surface area contributed by atoms with Gasteiger partial charge in [0.15, 0.2) is 0 Å². The minimum Gasteiger partial charge on any atom is -0.345 e. The van der Waals surface area contributed by atoms with Gasteiger partial charge in [-0.2, -0.15) is 0 Å². The lowest BCUT2D eigenvalue weighted by molar-refractivity contribution is 0.906. The van der Waals surface area contributed by atoms with Gasteiger partial charge in [0.2, 0.25) is 0 Å². The van der Waals surface area contributed by atoms with E-state index in [2.05, 4.69) is 42.4 Å². The van der Waals surface area contributed by atoms with Gasteiger partial charge in [0.05, 0.1) is 9.68 Å². The summed E-state index contributed by atoms with van der Waals surface area (Å²) < 4.78 is 0. The molecule has 12 heavy (non-hydrogen) atoms. The first-order valence-electron chi connectivity index (χ1n) is 4.62. The largest absolute Gasteiger partial charge is 0.345 e. The van der Waals surface area contributed by atoms with Crippen LogP contribution in [0.2, 0.25) is 6.04 Å². The Balaban J connectivity index is 2.16. The van der Waals surface area contributed by atoms with Crippen molar-refractivity contribution in [2.24, 2.45) is 0 Å². The second-order valence-corrected chi connectivity index (χ2v) is 4.96. The zero-order chi connectivity index (χ0) is 8.65. The number of benzene rings is 1. The Bertz CT molecular complexity index is 198. The van der Waals surface area contributed by atoms with Gasteiger partial charge < -0.3 is 4.98 Å². The van der Waals surface area contributed by atoms with Gasteiger partial charge in [-0.15, -0.1) is 0 Å². The third-order valence-electron chi connectivity index (χ3n) is 1.99. The van der Waals surface area contributed by atoms with Crippen LogP contribution in [0.1, 0.15) is 12.0 Å². The van der Waals surface area contributed by atoms with Crippen molar-refractivity contribution in [2.45, 2.75) is 18.9 Å². The minimum absolute atomic E-state index is 0.0558. The van der Waals surface area contributed by atoms with E-state index in [9.17, 15) is 0 Å². The lowest BCUT2D eigenvalue weighted by atomic mass is 10.1. The lowest BCUT2D eigenvalue weighted by Gasteiger charge is -1.99. The van der Waals surface area contributed by atoms with E-state index in [1.807, 2.05) is 0 Å². The Kier molecular flexibility index (Phi) is 4.72. The van der Waals surface area contributed by atoms with Gasteiger partial charge in [0.25, 0.3) is 0 Å². The highest BCUT2D eigenvalue weighted by Gasteiger charge is 1.90. The minimum atomic E-state index is 0.0558. The van der Waals surface area contributed by atoms with E-state index in [1.54, 1.807) is 0 Å². The molecule has 0 spiro atoms. The first-order valence-corrected chi connectivity index (χ1v) is 6.32. The van der Waals surface area contributed by atoms with Crippen molar-refractivity contribution in [3.63, 3.8) is 0 Å². The highest BCUT2D eigenvalue weighted by molar-refractivity contribution is 6.31. The molecule has 66 valence electrons. The second kappa shape index (κ2) is 5.97. The molecule has 0 atom stereocenters. The smallest absolute Gasteiger partial charge is 0.0913 e. The predicted molar refractivity (Wildman–Crippen MR) is 57.2 cm³/mol.